The smallest absolute Gasteiger partial charge is 0.338 e. The van der Waals surface area contributed by atoms with E-state index in [1.165, 1.54) is 28.0 Å². The Labute approximate surface area is 245 Å². The predicted molar refractivity (Wildman–Crippen MR) is 158 cm³/mol. The minimum Gasteiger partial charge on any atom is -0.496 e. The summed E-state index contributed by atoms with van der Waals surface area (Å²) in [5, 5.41) is 9.13. The molecule has 1 N–H and O–H groups in total. The van der Waals surface area contributed by atoms with E-state index in [1.807, 2.05) is 36.4 Å². The van der Waals surface area contributed by atoms with Crippen molar-refractivity contribution in [2.75, 3.05) is 13.7 Å². The molecule has 1 atom stereocenters. The molecule has 3 aromatic carbocycles. The molecule has 0 amide bonds. The van der Waals surface area contributed by atoms with Gasteiger partial charge >= 0.3 is 11.9 Å². The van der Waals surface area contributed by atoms with E-state index in [-0.39, 0.29) is 29.9 Å². The third kappa shape index (κ3) is 5.61. The fourth-order valence-electron chi connectivity index (χ4n) is 4.76. The number of carboxylic acid groups (broad SMARTS) is 1. The van der Waals surface area contributed by atoms with Crippen LogP contribution in [0.4, 0.5) is 0 Å². The van der Waals surface area contributed by atoms with Crippen LogP contribution in [0, 0.1) is 0 Å². The number of hydrogen-bond donors (Lipinski definition) is 1. The molecule has 9 nitrogen and oxygen atoms in total. The van der Waals surface area contributed by atoms with Gasteiger partial charge in [0.05, 0.1) is 35.1 Å². The van der Waals surface area contributed by atoms with E-state index >= 15 is 0 Å². The summed E-state index contributed by atoms with van der Waals surface area (Å²) >= 11 is 1.22. The van der Waals surface area contributed by atoms with Crippen LogP contribution < -0.4 is 24.4 Å². The number of carbonyl (C=O) groups is 2. The van der Waals surface area contributed by atoms with Gasteiger partial charge in [-0.05, 0) is 49.8 Å². The van der Waals surface area contributed by atoms with Crippen LogP contribution in [-0.4, -0.2) is 35.3 Å². The minimum absolute atomic E-state index is 0.180. The number of ether oxygens (including phenoxy) is 3. The number of fused-ring (bicyclic) bond motifs is 1. The van der Waals surface area contributed by atoms with Crippen molar-refractivity contribution in [1.29, 1.82) is 0 Å². The molecule has 0 saturated heterocycles. The molecule has 0 saturated carbocycles. The van der Waals surface area contributed by atoms with Crippen LogP contribution in [0.2, 0.25) is 0 Å². The second kappa shape index (κ2) is 12.3. The summed E-state index contributed by atoms with van der Waals surface area (Å²) < 4.78 is 19.0. The summed E-state index contributed by atoms with van der Waals surface area (Å²) in [6.45, 7) is 3.85. The van der Waals surface area contributed by atoms with E-state index in [1.54, 1.807) is 51.3 Å². The van der Waals surface area contributed by atoms with E-state index in [9.17, 15) is 14.4 Å². The average Bonchev–Trinajstić information content (AvgIpc) is 3.30. The number of carbonyl (C=O) groups excluding carboxylic acids is 1. The molecule has 1 aliphatic heterocycles. The molecule has 4 aromatic rings. The van der Waals surface area contributed by atoms with E-state index in [2.05, 4.69) is 4.99 Å². The van der Waals surface area contributed by atoms with Gasteiger partial charge in [0.25, 0.3) is 5.56 Å². The van der Waals surface area contributed by atoms with Crippen LogP contribution in [0.15, 0.2) is 93.9 Å². The Balaban J connectivity index is 1.57. The van der Waals surface area contributed by atoms with Gasteiger partial charge in [0.15, 0.2) is 4.80 Å². The summed E-state index contributed by atoms with van der Waals surface area (Å²) in [7, 11) is 1.54. The summed E-state index contributed by atoms with van der Waals surface area (Å²) in [6, 6.07) is 20.2. The Bertz CT molecular complexity index is 1870. The molecule has 0 spiro atoms. The first-order chi connectivity index (χ1) is 20.3. The topological polar surface area (TPSA) is 116 Å². The summed E-state index contributed by atoms with van der Waals surface area (Å²) in [6.07, 6.45) is 1.75. The number of allylic oxidation sites excluding steroid dienone is 1. The number of nitrogens with zero attached hydrogens (tertiary/aromatic N) is 2. The number of aromatic nitrogens is 1. The summed E-state index contributed by atoms with van der Waals surface area (Å²) in [5.74, 6) is -0.454. The van der Waals surface area contributed by atoms with E-state index in [0.29, 0.717) is 37.7 Å². The normalized spacial score (nSPS) is 14.6. The summed E-state index contributed by atoms with van der Waals surface area (Å²) in [4.78, 5) is 43.4. The SMILES string of the molecule is CCOC(=O)C1=C(C)N=c2sc(=Cc3ccccc3OCc3ccc(C(=O)O)cc3)c(=O)n2[C@H]1c1ccccc1OC. The number of hydrogen-bond acceptors (Lipinski definition) is 8. The Morgan fingerprint density at radius 1 is 1.02 bits per heavy atom. The third-order valence-electron chi connectivity index (χ3n) is 6.75. The Hall–Kier alpha value is -4.96. The lowest BCUT2D eigenvalue weighted by Gasteiger charge is -2.25. The number of benzene rings is 3. The molecule has 2 heterocycles. The van der Waals surface area contributed by atoms with E-state index in [4.69, 9.17) is 19.3 Å². The molecule has 42 heavy (non-hydrogen) atoms. The molecule has 0 radical (unpaired) electrons. The number of carboxylic acids is 1. The molecular formula is C32H28N2O7S. The molecule has 1 aromatic heterocycles. The number of thiazole rings is 1. The molecule has 0 unspecified atom stereocenters. The molecular weight excluding hydrogens is 556 g/mol. The third-order valence-corrected chi connectivity index (χ3v) is 7.73. The molecule has 0 fully saturated rings. The van der Waals surface area contributed by atoms with Crippen LogP contribution >= 0.6 is 11.3 Å². The van der Waals surface area contributed by atoms with Crippen LogP contribution in [0.1, 0.15) is 46.9 Å². The Morgan fingerprint density at radius 2 is 1.71 bits per heavy atom. The van der Waals surface area contributed by atoms with Crippen molar-refractivity contribution in [3.8, 4) is 11.5 Å². The molecule has 5 rings (SSSR count). The number of esters is 1. The quantitative estimate of drug-likeness (QED) is 0.295. The lowest BCUT2D eigenvalue weighted by molar-refractivity contribution is -0.139. The van der Waals surface area contributed by atoms with Crippen molar-refractivity contribution < 1.29 is 28.9 Å². The van der Waals surface area contributed by atoms with Crippen molar-refractivity contribution in [3.05, 3.63) is 126 Å². The maximum absolute atomic E-state index is 14.0. The van der Waals surface area contributed by atoms with Crippen molar-refractivity contribution in [3.63, 3.8) is 0 Å². The van der Waals surface area contributed by atoms with Crippen molar-refractivity contribution in [2.45, 2.75) is 26.5 Å². The Morgan fingerprint density at radius 3 is 2.40 bits per heavy atom. The lowest BCUT2D eigenvalue weighted by Crippen LogP contribution is -2.40. The first-order valence-electron chi connectivity index (χ1n) is 13.2. The van der Waals surface area contributed by atoms with Gasteiger partial charge in [-0.15, -0.1) is 0 Å². The fraction of sp³-hybridized carbons (Fsp3) is 0.188. The number of methoxy groups -OCH3 is 1. The van der Waals surface area contributed by atoms with Gasteiger partial charge in [0.1, 0.15) is 24.1 Å². The second-order valence-corrected chi connectivity index (χ2v) is 10.4. The fourth-order valence-corrected chi connectivity index (χ4v) is 5.79. The van der Waals surface area contributed by atoms with Gasteiger partial charge in [-0.1, -0.05) is 59.9 Å². The van der Waals surface area contributed by atoms with Crippen molar-refractivity contribution >= 4 is 29.4 Å². The predicted octanol–water partition coefficient (Wildman–Crippen LogP) is 4.08. The highest BCUT2D eigenvalue weighted by Crippen LogP contribution is 2.35. The highest BCUT2D eigenvalue weighted by molar-refractivity contribution is 7.07. The highest BCUT2D eigenvalue weighted by atomic mass is 32.1. The first-order valence-corrected chi connectivity index (χ1v) is 14.0. The highest BCUT2D eigenvalue weighted by Gasteiger charge is 2.35. The van der Waals surface area contributed by atoms with Gasteiger partial charge in [-0.2, -0.15) is 0 Å². The second-order valence-electron chi connectivity index (χ2n) is 9.37. The number of aromatic carboxylic acids is 1. The minimum atomic E-state index is -0.994. The van der Waals surface area contributed by atoms with Crippen LogP contribution in [0.25, 0.3) is 6.08 Å². The maximum Gasteiger partial charge on any atom is 0.338 e. The zero-order valence-electron chi connectivity index (χ0n) is 23.2. The molecule has 0 bridgehead atoms. The van der Waals surface area contributed by atoms with Gasteiger partial charge in [0.2, 0.25) is 0 Å². The largest absolute Gasteiger partial charge is 0.496 e. The van der Waals surface area contributed by atoms with Crippen LogP contribution in [-0.2, 0) is 16.1 Å². The van der Waals surface area contributed by atoms with E-state index < -0.39 is 18.0 Å². The maximum atomic E-state index is 14.0. The molecule has 214 valence electrons. The van der Waals surface area contributed by atoms with Gasteiger partial charge in [-0.25, -0.2) is 14.6 Å². The molecule has 0 aliphatic carbocycles. The molecule has 1 aliphatic rings. The van der Waals surface area contributed by atoms with Gasteiger partial charge in [0, 0.05) is 11.1 Å². The van der Waals surface area contributed by atoms with Gasteiger partial charge < -0.3 is 19.3 Å². The average molecular weight is 585 g/mol. The number of rotatable bonds is 9. The lowest BCUT2D eigenvalue weighted by atomic mass is 9.95. The van der Waals surface area contributed by atoms with Crippen molar-refractivity contribution in [1.82, 2.24) is 4.57 Å². The monoisotopic (exact) mass is 584 g/mol. The first kappa shape index (κ1) is 28.6. The molecule has 10 heteroatoms. The van der Waals surface area contributed by atoms with Gasteiger partial charge in [-0.3, -0.25) is 9.36 Å². The van der Waals surface area contributed by atoms with E-state index in [0.717, 1.165) is 5.56 Å². The number of para-hydroxylation sites is 2. The van der Waals surface area contributed by atoms with Crippen LogP contribution in [0.3, 0.4) is 0 Å². The van der Waals surface area contributed by atoms with Crippen molar-refractivity contribution in [2.24, 2.45) is 4.99 Å². The Kier molecular flexibility index (Phi) is 8.35. The zero-order valence-corrected chi connectivity index (χ0v) is 24.0. The summed E-state index contributed by atoms with van der Waals surface area (Å²) in [5.41, 5.74) is 2.74. The standard InChI is InChI=1S/C32H28N2O7S/c1-4-40-31(38)27-19(2)33-32-34(28(27)23-10-6-8-12-25(23)39-3)29(35)26(42-32)17-22-9-5-7-11-24(22)41-18-20-13-15-21(16-14-20)30(36)37/h5-17,28H,4,18H2,1-3H3,(H,36,37)/t28-/m0/s1. The van der Waals surface area contributed by atoms with Crippen LogP contribution in [0.5, 0.6) is 11.5 Å². The zero-order chi connectivity index (χ0) is 29.8.